The van der Waals surface area contributed by atoms with Crippen molar-refractivity contribution in [2.24, 2.45) is 0 Å². The van der Waals surface area contributed by atoms with E-state index in [1.807, 2.05) is 43.3 Å². The summed E-state index contributed by atoms with van der Waals surface area (Å²) >= 11 is 5.95. The highest BCUT2D eigenvalue weighted by Gasteiger charge is 2.25. The number of amides is 2. The lowest BCUT2D eigenvalue weighted by molar-refractivity contribution is -0.140. The van der Waals surface area contributed by atoms with Gasteiger partial charge in [-0.2, -0.15) is 0 Å². The van der Waals surface area contributed by atoms with Gasteiger partial charge in [0.05, 0.1) is 13.7 Å². The molecule has 0 unspecified atom stereocenters. The fourth-order valence-electron chi connectivity index (χ4n) is 2.92. The average molecular weight is 433 g/mol. The van der Waals surface area contributed by atoms with Crippen LogP contribution in [0.1, 0.15) is 32.3 Å². The smallest absolute Gasteiger partial charge is 0.242 e. The van der Waals surface area contributed by atoms with Gasteiger partial charge in [-0.05, 0) is 62.2 Å². The van der Waals surface area contributed by atoms with Crippen molar-refractivity contribution in [3.05, 3.63) is 59.1 Å². The minimum Gasteiger partial charge on any atom is -0.497 e. The maximum Gasteiger partial charge on any atom is 0.242 e. The first-order chi connectivity index (χ1) is 14.4. The van der Waals surface area contributed by atoms with Gasteiger partial charge in [-0.3, -0.25) is 9.59 Å². The highest BCUT2D eigenvalue weighted by atomic mass is 35.5. The van der Waals surface area contributed by atoms with Crippen LogP contribution in [0.15, 0.2) is 48.5 Å². The second kappa shape index (κ2) is 12.1. The van der Waals surface area contributed by atoms with Crippen molar-refractivity contribution in [3.63, 3.8) is 0 Å². The van der Waals surface area contributed by atoms with Crippen molar-refractivity contribution in [2.45, 2.75) is 39.3 Å². The molecule has 0 fully saturated rings. The highest BCUT2D eigenvalue weighted by molar-refractivity contribution is 6.30. The molecule has 2 aromatic rings. The van der Waals surface area contributed by atoms with Crippen molar-refractivity contribution in [1.82, 2.24) is 10.2 Å². The van der Waals surface area contributed by atoms with E-state index in [0.29, 0.717) is 31.1 Å². The summed E-state index contributed by atoms with van der Waals surface area (Å²) < 4.78 is 10.8. The summed E-state index contributed by atoms with van der Waals surface area (Å²) in [6, 6.07) is 14.0. The number of likely N-dealkylation sites (N-methyl/N-ethyl adjacent to an activating group) is 1. The zero-order chi connectivity index (χ0) is 21.9. The molecule has 162 valence electrons. The largest absolute Gasteiger partial charge is 0.497 e. The molecule has 2 aromatic carbocycles. The molecule has 0 aliphatic heterocycles. The molecule has 1 atom stereocenters. The van der Waals surface area contributed by atoms with Crippen LogP contribution < -0.4 is 14.8 Å². The van der Waals surface area contributed by atoms with E-state index in [1.54, 1.807) is 31.1 Å². The van der Waals surface area contributed by atoms with Gasteiger partial charge in [0.25, 0.3) is 0 Å². The van der Waals surface area contributed by atoms with Crippen molar-refractivity contribution >= 4 is 23.4 Å². The van der Waals surface area contributed by atoms with Crippen LogP contribution in [-0.4, -0.2) is 43.0 Å². The van der Waals surface area contributed by atoms with Gasteiger partial charge in [-0.15, -0.1) is 0 Å². The summed E-state index contributed by atoms with van der Waals surface area (Å²) in [6.45, 7) is 4.86. The predicted molar refractivity (Wildman–Crippen MR) is 118 cm³/mol. The second-order valence-corrected chi connectivity index (χ2v) is 7.28. The molecule has 7 heteroatoms. The van der Waals surface area contributed by atoms with E-state index in [-0.39, 0.29) is 18.2 Å². The Morgan fingerprint density at radius 2 is 1.70 bits per heavy atom. The van der Waals surface area contributed by atoms with E-state index in [2.05, 4.69) is 5.32 Å². The van der Waals surface area contributed by atoms with Gasteiger partial charge in [-0.25, -0.2) is 0 Å². The number of hydrogen-bond acceptors (Lipinski definition) is 4. The number of carbonyl (C=O) groups excluding carboxylic acids is 2. The molecule has 2 amide bonds. The number of nitrogens with one attached hydrogen (secondary N) is 1. The first-order valence-electron chi connectivity index (χ1n) is 10.0. The minimum atomic E-state index is -0.573. The van der Waals surface area contributed by atoms with E-state index in [0.717, 1.165) is 17.1 Å². The maximum absolute atomic E-state index is 12.9. The number of nitrogens with zero attached hydrogens (tertiary/aromatic N) is 1. The Bertz CT molecular complexity index is 809. The van der Waals surface area contributed by atoms with Gasteiger partial charge in [0, 0.05) is 24.5 Å². The SMILES string of the molecule is CCNC(=O)[C@@H](C)N(Cc1ccc(Cl)cc1)C(=O)CCCOc1ccc(OC)cc1. The van der Waals surface area contributed by atoms with Crippen LogP contribution >= 0.6 is 11.6 Å². The summed E-state index contributed by atoms with van der Waals surface area (Å²) in [7, 11) is 1.61. The Morgan fingerprint density at radius 3 is 2.30 bits per heavy atom. The molecule has 0 saturated carbocycles. The zero-order valence-corrected chi connectivity index (χ0v) is 18.4. The van der Waals surface area contributed by atoms with Crippen LogP contribution in [0, 0.1) is 0 Å². The number of ether oxygens (including phenoxy) is 2. The van der Waals surface area contributed by atoms with Crippen molar-refractivity contribution < 1.29 is 19.1 Å². The Hall–Kier alpha value is -2.73. The molecular formula is C23H29ClN2O4. The van der Waals surface area contributed by atoms with Crippen LogP contribution in [0.2, 0.25) is 5.02 Å². The van der Waals surface area contributed by atoms with Crippen LogP contribution in [-0.2, 0) is 16.1 Å². The standard InChI is InChI=1S/C23H29ClN2O4/c1-4-25-23(28)17(2)26(16-18-7-9-19(24)10-8-18)22(27)6-5-15-30-21-13-11-20(29-3)12-14-21/h7-14,17H,4-6,15-16H2,1-3H3,(H,25,28)/t17-/m1/s1. The van der Waals surface area contributed by atoms with Gasteiger partial charge >= 0.3 is 0 Å². The monoisotopic (exact) mass is 432 g/mol. The summed E-state index contributed by atoms with van der Waals surface area (Å²) in [6.07, 6.45) is 0.831. The summed E-state index contributed by atoms with van der Waals surface area (Å²) in [5.41, 5.74) is 0.915. The quantitative estimate of drug-likeness (QED) is 0.544. The number of rotatable bonds is 11. The number of halogens is 1. The average Bonchev–Trinajstić information content (AvgIpc) is 2.76. The summed E-state index contributed by atoms with van der Waals surface area (Å²) in [5.74, 6) is 1.21. The third kappa shape index (κ3) is 7.26. The van der Waals surface area contributed by atoms with E-state index in [1.165, 1.54) is 0 Å². The van der Waals surface area contributed by atoms with E-state index < -0.39 is 6.04 Å². The topological polar surface area (TPSA) is 67.9 Å². The molecule has 1 N–H and O–H groups in total. The Kier molecular flexibility index (Phi) is 9.48. The van der Waals surface area contributed by atoms with Crippen molar-refractivity contribution in [1.29, 1.82) is 0 Å². The fraction of sp³-hybridized carbons (Fsp3) is 0.391. The molecule has 0 bridgehead atoms. The molecular weight excluding hydrogens is 404 g/mol. The molecule has 0 spiro atoms. The van der Waals surface area contributed by atoms with Gasteiger partial charge in [0.15, 0.2) is 0 Å². The van der Waals surface area contributed by atoms with Gasteiger partial charge in [0.2, 0.25) is 11.8 Å². The van der Waals surface area contributed by atoms with Crippen LogP contribution in [0.4, 0.5) is 0 Å². The number of methoxy groups -OCH3 is 1. The lowest BCUT2D eigenvalue weighted by Crippen LogP contribution is -2.47. The van der Waals surface area contributed by atoms with Gasteiger partial charge in [0.1, 0.15) is 17.5 Å². The van der Waals surface area contributed by atoms with E-state index in [4.69, 9.17) is 21.1 Å². The van der Waals surface area contributed by atoms with E-state index >= 15 is 0 Å². The van der Waals surface area contributed by atoms with E-state index in [9.17, 15) is 9.59 Å². The molecule has 6 nitrogen and oxygen atoms in total. The molecule has 0 aromatic heterocycles. The molecule has 0 aliphatic rings. The second-order valence-electron chi connectivity index (χ2n) is 6.85. The molecule has 30 heavy (non-hydrogen) atoms. The lowest BCUT2D eigenvalue weighted by Gasteiger charge is -2.28. The first kappa shape index (κ1) is 23.5. The predicted octanol–water partition coefficient (Wildman–Crippen LogP) is 4.06. The normalized spacial score (nSPS) is 11.5. The van der Waals surface area contributed by atoms with Gasteiger partial charge in [-0.1, -0.05) is 23.7 Å². The van der Waals surface area contributed by atoms with Crippen LogP contribution in [0.3, 0.4) is 0 Å². The first-order valence-corrected chi connectivity index (χ1v) is 10.4. The third-order valence-electron chi connectivity index (χ3n) is 4.65. The highest BCUT2D eigenvalue weighted by Crippen LogP contribution is 2.18. The fourth-order valence-corrected chi connectivity index (χ4v) is 3.05. The molecule has 2 rings (SSSR count). The van der Waals surface area contributed by atoms with Crippen LogP contribution in [0.25, 0.3) is 0 Å². The Morgan fingerprint density at radius 1 is 1.07 bits per heavy atom. The van der Waals surface area contributed by atoms with Crippen molar-refractivity contribution in [2.75, 3.05) is 20.3 Å². The third-order valence-corrected chi connectivity index (χ3v) is 4.90. The van der Waals surface area contributed by atoms with Gasteiger partial charge < -0.3 is 19.7 Å². The Balaban J connectivity index is 1.94. The minimum absolute atomic E-state index is 0.0953. The molecule has 0 radical (unpaired) electrons. The Labute approximate surface area is 183 Å². The zero-order valence-electron chi connectivity index (χ0n) is 17.7. The number of hydrogen-bond donors (Lipinski definition) is 1. The van der Waals surface area contributed by atoms with Crippen LogP contribution in [0.5, 0.6) is 11.5 Å². The molecule has 0 aliphatic carbocycles. The number of benzene rings is 2. The maximum atomic E-state index is 12.9. The molecule has 0 heterocycles. The summed E-state index contributed by atoms with van der Waals surface area (Å²) in [4.78, 5) is 26.8. The number of carbonyl (C=O) groups is 2. The van der Waals surface area contributed by atoms with Crippen molar-refractivity contribution in [3.8, 4) is 11.5 Å². The summed E-state index contributed by atoms with van der Waals surface area (Å²) in [5, 5.41) is 3.41. The molecule has 0 saturated heterocycles. The lowest BCUT2D eigenvalue weighted by atomic mass is 10.1.